The van der Waals surface area contributed by atoms with Crippen LogP contribution in [0, 0.1) is 0 Å². The first-order valence-electron chi connectivity index (χ1n) is 5.15. The molecule has 0 aromatic carbocycles. The van der Waals surface area contributed by atoms with Crippen LogP contribution >= 0.6 is 24.4 Å². The molecule has 116 valence electrons. The zero-order chi connectivity index (χ0) is 16.1. The fourth-order valence-corrected chi connectivity index (χ4v) is 1.20. The molecule has 0 saturated heterocycles. The van der Waals surface area contributed by atoms with Crippen molar-refractivity contribution in [1.29, 1.82) is 0 Å². The van der Waals surface area contributed by atoms with Crippen molar-refractivity contribution in [1.82, 2.24) is 10.6 Å². The summed E-state index contributed by atoms with van der Waals surface area (Å²) in [5.74, 6) is -2.56. The van der Waals surface area contributed by atoms with E-state index in [9.17, 15) is 19.2 Å². The minimum absolute atomic E-state index is 0.109. The highest BCUT2D eigenvalue weighted by atomic mass is 32.2. The van der Waals surface area contributed by atoms with Crippen molar-refractivity contribution in [3.8, 4) is 0 Å². The van der Waals surface area contributed by atoms with E-state index in [-0.39, 0.29) is 17.5 Å². The molecule has 0 aliphatic carbocycles. The van der Waals surface area contributed by atoms with Crippen LogP contribution in [0.4, 0.5) is 4.79 Å². The van der Waals surface area contributed by atoms with Crippen molar-refractivity contribution in [2.45, 2.75) is 6.04 Å². The maximum Gasteiger partial charge on any atom is 0.322 e. The molecular formula is C9H17N3O6S2. The van der Waals surface area contributed by atoms with E-state index in [2.05, 4.69) is 29.0 Å². The number of aliphatic carboxylic acids is 2. The standard InChI is InChI=1S/C7H12N2O4S2.C2H5NO2/c1-15-7(13)9-4(3-14)6(12)8-2-5(10)11;3-1-2(4)5/h4,14H,2-3H2,1H3,(H,8,12)(H,9,13)(H,10,11);1,3H2,(H,4,5). The predicted molar refractivity (Wildman–Crippen MR) is 77.0 cm³/mol. The summed E-state index contributed by atoms with van der Waals surface area (Å²) in [7, 11) is 0. The summed E-state index contributed by atoms with van der Waals surface area (Å²) < 4.78 is 0. The van der Waals surface area contributed by atoms with Gasteiger partial charge in [0.25, 0.3) is 5.24 Å². The molecular weight excluding hydrogens is 310 g/mol. The number of thioether (sulfide) groups is 1. The smallest absolute Gasteiger partial charge is 0.322 e. The molecule has 9 nitrogen and oxygen atoms in total. The topological polar surface area (TPSA) is 159 Å². The van der Waals surface area contributed by atoms with Gasteiger partial charge < -0.3 is 26.6 Å². The molecule has 0 spiro atoms. The van der Waals surface area contributed by atoms with Gasteiger partial charge in [-0.05, 0) is 6.26 Å². The van der Waals surface area contributed by atoms with Gasteiger partial charge in [-0.15, -0.1) is 0 Å². The Labute approximate surface area is 125 Å². The lowest BCUT2D eigenvalue weighted by atomic mass is 10.3. The third kappa shape index (κ3) is 13.0. The van der Waals surface area contributed by atoms with Crippen LogP contribution in [-0.4, -0.2) is 64.4 Å². The molecule has 6 N–H and O–H groups in total. The van der Waals surface area contributed by atoms with Gasteiger partial charge in [-0.25, -0.2) is 0 Å². The summed E-state index contributed by atoms with van der Waals surface area (Å²) in [5, 5.41) is 20.1. The van der Waals surface area contributed by atoms with Gasteiger partial charge in [-0.3, -0.25) is 19.2 Å². The van der Waals surface area contributed by atoms with E-state index in [0.717, 1.165) is 11.8 Å². The average Bonchev–Trinajstić information content (AvgIpc) is 2.42. The first kappa shape index (κ1) is 20.8. The number of carboxylic acids is 2. The number of nitrogens with two attached hydrogens (primary N) is 1. The summed E-state index contributed by atoms with van der Waals surface area (Å²) >= 11 is 4.81. The number of hydrogen-bond acceptors (Lipinski definition) is 7. The Morgan fingerprint density at radius 3 is 2.05 bits per heavy atom. The second kappa shape index (κ2) is 12.6. The number of hydrogen-bond donors (Lipinski definition) is 6. The number of nitrogens with one attached hydrogen (secondary N) is 2. The van der Waals surface area contributed by atoms with E-state index in [1.54, 1.807) is 6.26 Å². The highest BCUT2D eigenvalue weighted by Crippen LogP contribution is 1.97. The molecule has 0 fully saturated rings. The zero-order valence-corrected chi connectivity index (χ0v) is 12.4. The summed E-state index contributed by atoms with van der Waals surface area (Å²) in [4.78, 5) is 41.6. The molecule has 0 aliphatic heterocycles. The Hall–Kier alpha value is -1.46. The van der Waals surface area contributed by atoms with Crippen molar-refractivity contribution in [3.05, 3.63) is 0 Å². The van der Waals surface area contributed by atoms with Crippen LogP contribution in [0.15, 0.2) is 0 Å². The van der Waals surface area contributed by atoms with Gasteiger partial charge in [0.2, 0.25) is 5.91 Å². The highest BCUT2D eigenvalue weighted by molar-refractivity contribution is 8.12. The summed E-state index contributed by atoms with van der Waals surface area (Å²) in [6.07, 6.45) is 1.57. The van der Waals surface area contributed by atoms with Crippen molar-refractivity contribution >= 4 is 47.5 Å². The third-order valence-electron chi connectivity index (χ3n) is 1.57. The number of carbonyl (C=O) groups excluding carboxylic acids is 2. The van der Waals surface area contributed by atoms with E-state index in [4.69, 9.17) is 10.2 Å². The van der Waals surface area contributed by atoms with Crippen molar-refractivity contribution in [3.63, 3.8) is 0 Å². The van der Waals surface area contributed by atoms with Crippen LogP contribution in [0.1, 0.15) is 0 Å². The Morgan fingerprint density at radius 2 is 1.75 bits per heavy atom. The molecule has 0 aromatic heterocycles. The lowest BCUT2D eigenvalue weighted by Gasteiger charge is -2.14. The Morgan fingerprint density at radius 1 is 1.25 bits per heavy atom. The number of thiol groups is 1. The molecule has 0 aliphatic rings. The van der Waals surface area contributed by atoms with Crippen LogP contribution in [0.2, 0.25) is 0 Å². The highest BCUT2D eigenvalue weighted by Gasteiger charge is 2.18. The van der Waals surface area contributed by atoms with Crippen LogP contribution in [0.3, 0.4) is 0 Å². The molecule has 0 radical (unpaired) electrons. The largest absolute Gasteiger partial charge is 0.480 e. The lowest BCUT2D eigenvalue weighted by Crippen LogP contribution is -2.48. The molecule has 1 atom stereocenters. The Kier molecular flexibility index (Phi) is 13.1. The molecule has 0 aromatic rings. The first-order valence-corrected chi connectivity index (χ1v) is 7.00. The van der Waals surface area contributed by atoms with Gasteiger partial charge in [-0.1, -0.05) is 11.8 Å². The molecule has 11 heteroatoms. The molecule has 0 rings (SSSR count). The van der Waals surface area contributed by atoms with Crippen LogP contribution in [0.5, 0.6) is 0 Å². The number of carbonyl (C=O) groups is 4. The molecule has 20 heavy (non-hydrogen) atoms. The van der Waals surface area contributed by atoms with E-state index >= 15 is 0 Å². The predicted octanol–water partition coefficient (Wildman–Crippen LogP) is -1.41. The maximum atomic E-state index is 11.3. The van der Waals surface area contributed by atoms with Gasteiger partial charge in [0.15, 0.2) is 0 Å². The molecule has 0 saturated carbocycles. The quantitative estimate of drug-likeness (QED) is 0.324. The van der Waals surface area contributed by atoms with Crippen molar-refractivity contribution in [2.75, 3.05) is 25.1 Å². The number of carboxylic acid groups (broad SMARTS) is 2. The van der Waals surface area contributed by atoms with Gasteiger partial charge in [0.1, 0.15) is 12.6 Å². The monoisotopic (exact) mass is 327 g/mol. The second-order valence-corrected chi connectivity index (χ2v) is 4.22. The fourth-order valence-electron chi connectivity index (χ4n) is 0.681. The van der Waals surface area contributed by atoms with Crippen LogP contribution < -0.4 is 16.4 Å². The summed E-state index contributed by atoms with van der Waals surface area (Å²) in [6, 6.07) is -0.812. The average molecular weight is 327 g/mol. The number of amides is 2. The molecule has 2 amide bonds. The van der Waals surface area contributed by atoms with E-state index in [1.807, 2.05) is 0 Å². The maximum absolute atomic E-state index is 11.3. The SMILES string of the molecule is CSC(=O)NC(CS)C(=O)NCC(=O)O.NCC(=O)O. The minimum atomic E-state index is -1.14. The molecule has 0 bridgehead atoms. The summed E-state index contributed by atoms with van der Waals surface area (Å²) in [5.41, 5.74) is 4.57. The molecule has 0 heterocycles. The van der Waals surface area contributed by atoms with Gasteiger partial charge in [0.05, 0.1) is 6.54 Å². The van der Waals surface area contributed by atoms with E-state index in [0.29, 0.717) is 0 Å². The van der Waals surface area contributed by atoms with Gasteiger partial charge >= 0.3 is 11.9 Å². The minimum Gasteiger partial charge on any atom is -0.480 e. The summed E-state index contributed by atoms with van der Waals surface area (Å²) in [6.45, 7) is -0.752. The third-order valence-corrected chi connectivity index (χ3v) is 2.42. The normalized spacial score (nSPS) is 10.6. The van der Waals surface area contributed by atoms with Gasteiger partial charge in [0, 0.05) is 5.75 Å². The fraction of sp³-hybridized carbons (Fsp3) is 0.556. The second-order valence-electron chi connectivity index (χ2n) is 3.08. The number of rotatable bonds is 6. The van der Waals surface area contributed by atoms with E-state index < -0.39 is 30.4 Å². The van der Waals surface area contributed by atoms with Crippen LogP contribution in [-0.2, 0) is 14.4 Å². The first-order chi connectivity index (χ1) is 9.28. The van der Waals surface area contributed by atoms with E-state index in [1.165, 1.54) is 0 Å². The van der Waals surface area contributed by atoms with Crippen molar-refractivity contribution < 1.29 is 29.4 Å². The lowest BCUT2D eigenvalue weighted by molar-refractivity contribution is -0.138. The van der Waals surface area contributed by atoms with Crippen molar-refractivity contribution in [2.24, 2.45) is 5.73 Å². The van der Waals surface area contributed by atoms with Gasteiger partial charge in [-0.2, -0.15) is 12.6 Å². The Balaban J connectivity index is 0. The zero-order valence-electron chi connectivity index (χ0n) is 10.7. The molecule has 1 unspecified atom stereocenters. The Bertz CT molecular complexity index is 353. The van der Waals surface area contributed by atoms with Crippen LogP contribution in [0.25, 0.3) is 0 Å².